The van der Waals surface area contributed by atoms with Gasteiger partial charge in [-0.25, -0.2) is 18.4 Å². The SMILES string of the molecule is CS(=O)(=O)c1nc2cccnc2n1Cc1ccc(OC(F)(F)F)cc1. The van der Waals surface area contributed by atoms with Gasteiger partial charge in [0.25, 0.3) is 0 Å². The van der Waals surface area contributed by atoms with Crippen LogP contribution in [0.15, 0.2) is 47.8 Å². The van der Waals surface area contributed by atoms with Crippen LogP contribution in [0, 0.1) is 0 Å². The highest BCUT2D eigenvalue weighted by Gasteiger charge is 2.31. The number of halogens is 3. The highest BCUT2D eigenvalue weighted by Crippen LogP contribution is 2.24. The van der Waals surface area contributed by atoms with Crippen molar-refractivity contribution in [3.05, 3.63) is 48.2 Å². The third kappa shape index (κ3) is 3.90. The van der Waals surface area contributed by atoms with Crippen molar-refractivity contribution in [2.75, 3.05) is 6.26 Å². The first-order valence-electron chi connectivity index (χ1n) is 6.99. The van der Waals surface area contributed by atoms with Crippen LogP contribution in [0.5, 0.6) is 5.75 Å². The topological polar surface area (TPSA) is 74.1 Å². The molecular formula is C15H12F3N3O3S. The van der Waals surface area contributed by atoms with Crippen molar-refractivity contribution in [1.82, 2.24) is 14.5 Å². The molecule has 0 fully saturated rings. The monoisotopic (exact) mass is 371 g/mol. The number of ether oxygens (including phenoxy) is 1. The highest BCUT2D eigenvalue weighted by molar-refractivity contribution is 7.90. The molecule has 132 valence electrons. The number of hydrogen-bond donors (Lipinski definition) is 0. The molecule has 10 heteroatoms. The third-order valence-electron chi connectivity index (χ3n) is 3.30. The van der Waals surface area contributed by atoms with E-state index >= 15 is 0 Å². The molecule has 0 N–H and O–H groups in total. The zero-order valence-electron chi connectivity index (χ0n) is 12.9. The van der Waals surface area contributed by atoms with Crippen molar-refractivity contribution >= 4 is 21.0 Å². The van der Waals surface area contributed by atoms with E-state index in [4.69, 9.17) is 0 Å². The van der Waals surface area contributed by atoms with Crippen LogP contribution in [0.1, 0.15) is 5.56 Å². The molecule has 0 bridgehead atoms. The molecule has 3 aromatic rings. The Morgan fingerprint density at radius 3 is 2.44 bits per heavy atom. The maximum Gasteiger partial charge on any atom is 0.573 e. The first kappa shape index (κ1) is 17.2. The first-order chi connectivity index (χ1) is 11.6. The second-order valence-electron chi connectivity index (χ2n) is 5.29. The van der Waals surface area contributed by atoms with Gasteiger partial charge in [0.1, 0.15) is 11.3 Å². The van der Waals surface area contributed by atoms with E-state index in [0.29, 0.717) is 16.7 Å². The molecule has 25 heavy (non-hydrogen) atoms. The van der Waals surface area contributed by atoms with Crippen LogP contribution in [-0.2, 0) is 16.4 Å². The number of imidazole rings is 1. The van der Waals surface area contributed by atoms with Gasteiger partial charge in [-0.3, -0.25) is 4.57 Å². The van der Waals surface area contributed by atoms with Gasteiger partial charge in [0.15, 0.2) is 5.65 Å². The molecule has 1 aromatic carbocycles. The molecule has 0 radical (unpaired) electrons. The Morgan fingerprint density at radius 2 is 1.84 bits per heavy atom. The number of hydrogen-bond acceptors (Lipinski definition) is 5. The number of aromatic nitrogens is 3. The second-order valence-corrected chi connectivity index (χ2v) is 7.20. The van der Waals surface area contributed by atoms with Crippen LogP contribution in [0.4, 0.5) is 13.2 Å². The fourth-order valence-electron chi connectivity index (χ4n) is 2.34. The summed E-state index contributed by atoms with van der Waals surface area (Å²) in [6.45, 7) is 0.0855. The lowest BCUT2D eigenvalue weighted by Crippen LogP contribution is -2.17. The van der Waals surface area contributed by atoms with E-state index in [9.17, 15) is 21.6 Å². The summed E-state index contributed by atoms with van der Waals surface area (Å²) in [6.07, 6.45) is -2.23. The maximum atomic E-state index is 12.2. The average Bonchev–Trinajstić information content (AvgIpc) is 2.87. The largest absolute Gasteiger partial charge is 0.573 e. The van der Waals surface area contributed by atoms with Crippen molar-refractivity contribution in [2.45, 2.75) is 18.1 Å². The standard InChI is InChI=1S/C15H12F3N3O3S/c1-25(22,23)14-20-12-3-2-8-19-13(12)21(14)9-10-4-6-11(7-5-10)24-15(16,17)18/h2-8H,9H2,1H3. The summed E-state index contributed by atoms with van der Waals surface area (Å²) in [5, 5.41) is -0.156. The van der Waals surface area contributed by atoms with Gasteiger partial charge < -0.3 is 4.74 Å². The Hall–Kier alpha value is -2.62. The van der Waals surface area contributed by atoms with Gasteiger partial charge in [0, 0.05) is 12.5 Å². The Labute approximate surface area is 140 Å². The zero-order valence-corrected chi connectivity index (χ0v) is 13.7. The van der Waals surface area contributed by atoms with Crippen molar-refractivity contribution < 1.29 is 26.3 Å². The van der Waals surface area contributed by atoms with Gasteiger partial charge in [0.2, 0.25) is 15.0 Å². The van der Waals surface area contributed by atoms with Gasteiger partial charge >= 0.3 is 6.36 Å². The molecule has 0 atom stereocenters. The minimum Gasteiger partial charge on any atom is -0.406 e. The molecule has 3 rings (SSSR count). The van der Waals surface area contributed by atoms with Crippen LogP contribution < -0.4 is 4.74 Å². The molecule has 0 amide bonds. The van der Waals surface area contributed by atoms with Crippen molar-refractivity contribution in [3.63, 3.8) is 0 Å². The number of alkyl halides is 3. The lowest BCUT2D eigenvalue weighted by atomic mass is 10.2. The molecular weight excluding hydrogens is 359 g/mol. The molecule has 0 unspecified atom stereocenters. The Balaban J connectivity index is 1.98. The summed E-state index contributed by atoms with van der Waals surface area (Å²) < 4.78 is 65.7. The summed E-state index contributed by atoms with van der Waals surface area (Å²) >= 11 is 0. The third-order valence-corrected chi connectivity index (χ3v) is 4.27. The van der Waals surface area contributed by atoms with Crippen LogP contribution in [0.3, 0.4) is 0 Å². The Morgan fingerprint density at radius 1 is 1.16 bits per heavy atom. The number of sulfone groups is 1. The molecule has 0 saturated heterocycles. The van der Waals surface area contributed by atoms with E-state index in [-0.39, 0.29) is 17.5 Å². The van der Waals surface area contributed by atoms with Crippen LogP contribution in [0.25, 0.3) is 11.2 Å². The average molecular weight is 371 g/mol. The molecule has 0 aliphatic carbocycles. The number of benzene rings is 1. The minimum absolute atomic E-state index is 0.0855. The summed E-state index contributed by atoms with van der Waals surface area (Å²) in [4.78, 5) is 8.23. The number of nitrogens with zero attached hydrogens (tertiary/aromatic N) is 3. The lowest BCUT2D eigenvalue weighted by molar-refractivity contribution is -0.274. The molecule has 0 aliphatic rings. The van der Waals surface area contributed by atoms with Crippen LogP contribution in [-0.4, -0.2) is 35.6 Å². The second kappa shape index (κ2) is 6.03. The van der Waals surface area contributed by atoms with Crippen molar-refractivity contribution in [2.24, 2.45) is 0 Å². The molecule has 2 aromatic heterocycles. The maximum absolute atomic E-state index is 12.2. The van der Waals surface area contributed by atoms with E-state index < -0.39 is 16.2 Å². The van der Waals surface area contributed by atoms with Crippen LogP contribution in [0.2, 0.25) is 0 Å². The fraction of sp³-hybridized carbons (Fsp3) is 0.200. The van der Waals surface area contributed by atoms with Crippen LogP contribution >= 0.6 is 0 Å². The van der Waals surface area contributed by atoms with Gasteiger partial charge in [-0.05, 0) is 29.8 Å². The van der Waals surface area contributed by atoms with Gasteiger partial charge in [0.05, 0.1) is 6.54 Å². The number of pyridine rings is 1. The normalized spacial score (nSPS) is 12.5. The minimum atomic E-state index is -4.77. The fourth-order valence-corrected chi connectivity index (χ4v) is 3.16. The van der Waals surface area contributed by atoms with E-state index in [2.05, 4.69) is 14.7 Å². The number of rotatable bonds is 4. The molecule has 6 nitrogen and oxygen atoms in total. The predicted octanol–water partition coefficient (Wildman–Crippen LogP) is 2.78. The van der Waals surface area contributed by atoms with E-state index in [1.165, 1.54) is 22.9 Å². The highest BCUT2D eigenvalue weighted by atomic mass is 32.2. The van der Waals surface area contributed by atoms with Gasteiger partial charge in [-0.15, -0.1) is 13.2 Å². The Bertz CT molecular complexity index is 1010. The van der Waals surface area contributed by atoms with E-state index in [0.717, 1.165) is 18.4 Å². The smallest absolute Gasteiger partial charge is 0.406 e. The molecule has 2 heterocycles. The molecule has 0 saturated carbocycles. The van der Waals surface area contributed by atoms with E-state index in [1.54, 1.807) is 12.1 Å². The number of fused-ring (bicyclic) bond motifs is 1. The quantitative estimate of drug-likeness (QED) is 0.705. The summed E-state index contributed by atoms with van der Waals surface area (Å²) in [5.41, 5.74) is 1.36. The predicted molar refractivity (Wildman–Crippen MR) is 82.9 cm³/mol. The molecule has 0 spiro atoms. The summed E-state index contributed by atoms with van der Waals surface area (Å²) in [7, 11) is -3.61. The Kier molecular flexibility index (Phi) is 4.15. The molecule has 0 aliphatic heterocycles. The lowest BCUT2D eigenvalue weighted by Gasteiger charge is -2.10. The van der Waals surface area contributed by atoms with Gasteiger partial charge in [-0.1, -0.05) is 12.1 Å². The van der Waals surface area contributed by atoms with Crippen molar-refractivity contribution in [1.29, 1.82) is 0 Å². The summed E-state index contributed by atoms with van der Waals surface area (Å²) in [5.74, 6) is -0.354. The van der Waals surface area contributed by atoms with Crippen molar-refractivity contribution in [3.8, 4) is 5.75 Å². The van der Waals surface area contributed by atoms with E-state index in [1.807, 2.05) is 0 Å². The summed E-state index contributed by atoms with van der Waals surface area (Å²) in [6, 6.07) is 8.43. The zero-order chi connectivity index (χ0) is 18.2. The first-order valence-corrected chi connectivity index (χ1v) is 8.89. The van der Waals surface area contributed by atoms with Gasteiger partial charge in [-0.2, -0.15) is 0 Å².